The maximum Gasteiger partial charge on any atom is 0.305 e. The van der Waals surface area contributed by atoms with E-state index in [1.807, 2.05) is 0 Å². The van der Waals surface area contributed by atoms with Gasteiger partial charge >= 0.3 is 5.97 Å². The van der Waals surface area contributed by atoms with Gasteiger partial charge in [0.2, 0.25) is 0 Å². The van der Waals surface area contributed by atoms with Crippen molar-refractivity contribution in [1.29, 1.82) is 0 Å². The summed E-state index contributed by atoms with van der Waals surface area (Å²) in [4.78, 5) is 10.5. The third kappa shape index (κ3) is 3.08. The van der Waals surface area contributed by atoms with Crippen molar-refractivity contribution in [2.45, 2.75) is 25.7 Å². The van der Waals surface area contributed by atoms with E-state index in [1.165, 1.54) is 0 Å². The molecule has 0 unspecified atom stereocenters. The summed E-state index contributed by atoms with van der Waals surface area (Å²) in [6.45, 7) is 0.638. The van der Waals surface area contributed by atoms with Crippen LogP contribution in [0.1, 0.15) is 25.7 Å². The summed E-state index contributed by atoms with van der Waals surface area (Å²) in [7, 11) is 0. The topological polar surface area (TPSA) is 57.8 Å². The van der Waals surface area contributed by atoms with Crippen LogP contribution in [0.15, 0.2) is 0 Å². The third-order valence-corrected chi connectivity index (χ3v) is 1.29. The molecule has 3 nitrogen and oxygen atoms in total. The average Bonchev–Trinajstić information content (AvgIpc) is 1.94. The van der Waals surface area contributed by atoms with Crippen molar-refractivity contribution in [3.63, 3.8) is 0 Å². The van der Waals surface area contributed by atoms with Gasteiger partial charge in [-0.3, -0.25) is 4.79 Å². The first-order valence-corrected chi connectivity index (χ1v) is 3.05. The molecule has 1 fully saturated rings. The summed E-state index contributed by atoms with van der Waals surface area (Å²) < 4.78 is 4.76. The lowest BCUT2D eigenvalue weighted by Gasteiger charge is -1.93. The lowest BCUT2D eigenvalue weighted by molar-refractivity contribution is -0.142. The van der Waals surface area contributed by atoms with Gasteiger partial charge in [0.15, 0.2) is 0 Å². The Morgan fingerprint density at radius 3 is 2.78 bits per heavy atom. The number of hydrogen-bond acceptors (Lipinski definition) is 2. The number of carbonyl (C=O) groups is 1. The number of hydrogen-bond donors (Lipinski definition) is 0. The van der Waals surface area contributed by atoms with Crippen LogP contribution in [0.5, 0.6) is 0 Å². The monoisotopic (exact) mass is 132 g/mol. The van der Waals surface area contributed by atoms with Gasteiger partial charge in [-0.15, -0.1) is 0 Å². The summed E-state index contributed by atoms with van der Waals surface area (Å²) in [5.41, 5.74) is 0. The lowest BCUT2D eigenvalue weighted by Crippen LogP contribution is -2.00. The zero-order valence-corrected chi connectivity index (χ0v) is 5.35. The molecule has 1 aliphatic heterocycles. The summed E-state index contributed by atoms with van der Waals surface area (Å²) in [5.74, 6) is -0.0255. The molecule has 0 aromatic heterocycles. The van der Waals surface area contributed by atoms with Gasteiger partial charge in [-0.05, 0) is 19.3 Å². The van der Waals surface area contributed by atoms with Crippen LogP contribution < -0.4 is 0 Å². The molecule has 1 rings (SSSR count). The van der Waals surface area contributed by atoms with Gasteiger partial charge in [0.1, 0.15) is 0 Å². The van der Waals surface area contributed by atoms with Gasteiger partial charge in [-0.1, -0.05) is 0 Å². The van der Waals surface area contributed by atoms with Crippen molar-refractivity contribution in [3.05, 3.63) is 0 Å². The molecule has 1 aliphatic rings. The van der Waals surface area contributed by atoms with Crippen LogP contribution >= 0.6 is 0 Å². The Hall–Kier alpha value is -0.570. The van der Waals surface area contributed by atoms with E-state index in [9.17, 15) is 4.79 Å². The number of cyclic esters (lactones) is 1. The fourth-order valence-electron chi connectivity index (χ4n) is 0.806. The summed E-state index contributed by atoms with van der Waals surface area (Å²) in [6.07, 6.45) is 3.83. The Balaban J connectivity index is 0.000000640. The van der Waals surface area contributed by atoms with Crippen molar-refractivity contribution < 1.29 is 15.0 Å². The Morgan fingerprint density at radius 2 is 2.00 bits per heavy atom. The minimum absolute atomic E-state index is 0. The molecule has 54 valence electrons. The van der Waals surface area contributed by atoms with Crippen LogP contribution in [0.3, 0.4) is 0 Å². The molecule has 0 saturated carbocycles. The van der Waals surface area contributed by atoms with E-state index in [0.717, 1.165) is 19.3 Å². The smallest absolute Gasteiger partial charge is 0.305 e. The number of carbonyl (C=O) groups excluding carboxylic acids is 1. The molecule has 0 radical (unpaired) electrons. The predicted molar refractivity (Wildman–Crippen MR) is 33.0 cm³/mol. The maximum absolute atomic E-state index is 10.5. The molecule has 1 heterocycles. The van der Waals surface area contributed by atoms with Crippen molar-refractivity contribution in [2.24, 2.45) is 0 Å². The van der Waals surface area contributed by atoms with Crippen LogP contribution in [0, 0.1) is 0 Å². The number of esters is 1. The normalized spacial score (nSPS) is 19.3. The Morgan fingerprint density at radius 1 is 1.22 bits per heavy atom. The first-order chi connectivity index (χ1) is 3.89. The van der Waals surface area contributed by atoms with Gasteiger partial charge in [-0.2, -0.15) is 0 Å². The molecule has 3 heteroatoms. The molecule has 2 N–H and O–H groups in total. The van der Waals surface area contributed by atoms with E-state index in [4.69, 9.17) is 4.74 Å². The second-order valence-corrected chi connectivity index (χ2v) is 2.03. The van der Waals surface area contributed by atoms with E-state index in [1.54, 1.807) is 0 Å². The SMILES string of the molecule is O.O=C1CCCCCO1. The van der Waals surface area contributed by atoms with Gasteiger partial charge in [0.25, 0.3) is 0 Å². The number of rotatable bonds is 0. The summed E-state index contributed by atoms with van der Waals surface area (Å²) in [5, 5.41) is 0. The molecular formula is C6H12O3. The van der Waals surface area contributed by atoms with E-state index < -0.39 is 0 Å². The van der Waals surface area contributed by atoms with E-state index in [0.29, 0.717) is 13.0 Å². The maximum atomic E-state index is 10.5. The van der Waals surface area contributed by atoms with E-state index in [2.05, 4.69) is 0 Å². The van der Waals surface area contributed by atoms with Gasteiger partial charge in [0, 0.05) is 6.42 Å². The molecule has 0 amide bonds. The van der Waals surface area contributed by atoms with Gasteiger partial charge in [0.05, 0.1) is 6.61 Å². The molecule has 1 saturated heterocycles. The Kier molecular flexibility index (Phi) is 4.05. The highest BCUT2D eigenvalue weighted by Crippen LogP contribution is 2.06. The molecule has 0 aromatic carbocycles. The first-order valence-electron chi connectivity index (χ1n) is 3.05. The van der Waals surface area contributed by atoms with Crippen LogP contribution in [-0.2, 0) is 9.53 Å². The molecule has 0 bridgehead atoms. The summed E-state index contributed by atoms with van der Waals surface area (Å²) >= 11 is 0. The Bertz CT molecular complexity index is 80.3. The summed E-state index contributed by atoms with van der Waals surface area (Å²) in [6, 6.07) is 0. The van der Waals surface area contributed by atoms with Crippen LogP contribution in [0.4, 0.5) is 0 Å². The van der Waals surface area contributed by atoms with Gasteiger partial charge < -0.3 is 10.2 Å². The Labute approximate surface area is 54.3 Å². The highest BCUT2D eigenvalue weighted by Gasteiger charge is 2.05. The average molecular weight is 132 g/mol. The zero-order chi connectivity index (χ0) is 5.82. The molecule has 0 aliphatic carbocycles. The lowest BCUT2D eigenvalue weighted by atomic mass is 10.2. The molecule has 0 atom stereocenters. The molecular weight excluding hydrogens is 120 g/mol. The highest BCUT2D eigenvalue weighted by molar-refractivity contribution is 5.69. The van der Waals surface area contributed by atoms with Gasteiger partial charge in [-0.25, -0.2) is 0 Å². The van der Waals surface area contributed by atoms with E-state index >= 15 is 0 Å². The quantitative estimate of drug-likeness (QED) is 0.444. The van der Waals surface area contributed by atoms with Crippen LogP contribution in [0.2, 0.25) is 0 Å². The molecule has 9 heavy (non-hydrogen) atoms. The zero-order valence-electron chi connectivity index (χ0n) is 5.35. The molecule has 0 spiro atoms. The highest BCUT2D eigenvalue weighted by atomic mass is 16.5. The second kappa shape index (κ2) is 4.32. The van der Waals surface area contributed by atoms with Crippen LogP contribution in [-0.4, -0.2) is 18.1 Å². The number of ether oxygens (including phenoxy) is 1. The fraction of sp³-hybridized carbons (Fsp3) is 0.833. The van der Waals surface area contributed by atoms with Crippen molar-refractivity contribution >= 4 is 5.97 Å². The molecule has 0 aromatic rings. The standard InChI is InChI=1S/C6H10O2.H2O/c7-6-4-2-1-3-5-8-6;/h1-5H2;1H2. The predicted octanol–water partition coefficient (Wildman–Crippen LogP) is 0.279. The van der Waals surface area contributed by atoms with Crippen LogP contribution in [0.25, 0.3) is 0 Å². The first kappa shape index (κ1) is 8.43. The van der Waals surface area contributed by atoms with Crippen molar-refractivity contribution in [2.75, 3.05) is 6.61 Å². The van der Waals surface area contributed by atoms with E-state index in [-0.39, 0.29) is 11.4 Å². The second-order valence-electron chi connectivity index (χ2n) is 2.03. The minimum Gasteiger partial charge on any atom is -0.466 e. The van der Waals surface area contributed by atoms with Crippen molar-refractivity contribution in [1.82, 2.24) is 0 Å². The minimum atomic E-state index is -0.0255. The third-order valence-electron chi connectivity index (χ3n) is 1.29. The fourth-order valence-corrected chi connectivity index (χ4v) is 0.806. The largest absolute Gasteiger partial charge is 0.466 e. The van der Waals surface area contributed by atoms with Crippen molar-refractivity contribution in [3.8, 4) is 0 Å².